The van der Waals surface area contributed by atoms with E-state index in [0.29, 0.717) is 18.2 Å². The van der Waals surface area contributed by atoms with Crippen LogP contribution in [-0.4, -0.2) is 73.5 Å². The molecule has 1 amide bonds. The molecule has 0 N–H and O–H groups in total. The lowest BCUT2D eigenvalue weighted by Gasteiger charge is -2.49. The van der Waals surface area contributed by atoms with E-state index in [0.717, 1.165) is 63.5 Å². The second-order valence-electron chi connectivity index (χ2n) is 8.98. The lowest BCUT2D eigenvalue weighted by Crippen LogP contribution is -2.59. The maximum atomic E-state index is 13.1. The van der Waals surface area contributed by atoms with E-state index in [9.17, 15) is 4.79 Å². The highest BCUT2D eigenvalue weighted by Crippen LogP contribution is 2.35. The summed E-state index contributed by atoms with van der Waals surface area (Å²) in [6.45, 7) is 15.8. The van der Waals surface area contributed by atoms with Gasteiger partial charge in [-0.05, 0) is 76.8 Å². The molecule has 2 unspecified atom stereocenters. The van der Waals surface area contributed by atoms with E-state index in [-0.39, 0.29) is 17.6 Å². The number of likely N-dealkylation sites (tertiary alicyclic amines) is 1. The number of carbonyl (C=O) groups excluding carboxylic acids is 1. The van der Waals surface area contributed by atoms with Crippen molar-refractivity contribution < 1.29 is 19.0 Å². The first-order valence-electron chi connectivity index (χ1n) is 11.4. The first-order chi connectivity index (χ1) is 14.4. The summed E-state index contributed by atoms with van der Waals surface area (Å²) in [5.41, 5.74) is 1.50. The van der Waals surface area contributed by atoms with Gasteiger partial charge in [-0.15, -0.1) is 0 Å². The lowest BCUT2D eigenvalue weighted by molar-refractivity contribution is -0.166. The zero-order chi connectivity index (χ0) is 21.7. The van der Waals surface area contributed by atoms with Gasteiger partial charge in [0.1, 0.15) is 12.5 Å². The third-order valence-electron chi connectivity index (χ3n) is 6.13. The largest absolute Gasteiger partial charge is 0.491 e. The van der Waals surface area contributed by atoms with E-state index in [2.05, 4.69) is 11.8 Å². The molecule has 0 aliphatic carbocycles. The lowest BCUT2D eigenvalue weighted by atomic mass is 9.82. The van der Waals surface area contributed by atoms with Gasteiger partial charge >= 0.3 is 0 Å². The number of hydrogen-bond acceptors (Lipinski definition) is 5. The highest BCUT2D eigenvalue weighted by Gasteiger charge is 2.43. The number of amides is 1. The Morgan fingerprint density at radius 3 is 2.73 bits per heavy atom. The molecule has 6 nitrogen and oxygen atoms in total. The van der Waals surface area contributed by atoms with Gasteiger partial charge in [-0.25, -0.2) is 0 Å². The van der Waals surface area contributed by atoms with Crippen molar-refractivity contribution in [3.63, 3.8) is 0 Å². The Morgan fingerprint density at radius 1 is 1.33 bits per heavy atom. The molecule has 2 heterocycles. The fraction of sp³-hybridized carbons (Fsp3) is 0.708. The molecule has 1 spiro atoms. The van der Waals surface area contributed by atoms with E-state index < -0.39 is 0 Å². The minimum absolute atomic E-state index is 0.0260. The van der Waals surface area contributed by atoms with Gasteiger partial charge in [0.2, 0.25) is 0 Å². The fourth-order valence-corrected chi connectivity index (χ4v) is 4.62. The third kappa shape index (κ3) is 5.54. The molecule has 1 aromatic rings. The zero-order valence-corrected chi connectivity index (χ0v) is 19.3. The summed E-state index contributed by atoms with van der Waals surface area (Å²) < 4.78 is 17.9. The van der Waals surface area contributed by atoms with Crippen LogP contribution in [0.15, 0.2) is 18.2 Å². The molecule has 0 saturated carbocycles. The molecule has 2 saturated heterocycles. The van der Waals surface area contributed by atoms with Crippen LogP contribution < -0.4 is 4.74 Å². The summed E-state index contributed by atoms with van der Waals surface area (Å²) in [6, 6.07) is 5.67. The molecule has 0 radical (unpaired) electrons. The van der Waals surface area contributed by atoms with Crippen molar-refractivity contribution in [2.45, 2.75) is 59.2 Å². The number of hydrogen-bond donors (Lipinski definition) is 0. The van der Waals surface area contributed by atoms with Gasteiger partial charge in [-0.2, -0.15) is 0 Å². The van der Waals surface area contributed by atoms with Crippen molar-refractivity contribution in [1.29, 1.82) is 0 Å². The predicted molar refractivity (Wildman–Crippen MR) is 118 cm³/mol. The van der Waals surface area contributed by atoms with Crippen LogP contribution in [0, 0.1) is 12.8 Å². The molecular weight excluding hydrogens is 380 g/mol. The second kappa shape index (κ2) is 10.1. The minimum Gasteiger partial charge on any atom is -0.491 e. The number of benzene rings is 1. The molecular formula is C24H38N2O4. The van der Waals surface area contributed by atoms with Crippen LogP contribution in [0.1, 0.15) is 56.5 Å². The number of piperidine rings is 1. The van der Waals surface area contributed by atoms with Crippen LogP contribution in [0.2, 0.25) is 0 Å². The van der Waals surface area contributed by atoms with Crippen LogP contribution in [0.25, 0.3) is 0 Å². The Labute approximate surface area is 181 Å². The summed E-state index contributed by atoms with van der Waals surface area (Å²) in [5.74, 6) is 1.34. The number of ether oxygens (including phenoxy) is 3. The topological polar surface area (TPSA) is 51.2 Å². The van der Waals surface area contributed by atoms with Crippen LogP contribution in [-0.2, 0) is 9.47 Å². The SMILES string of the molecule is CCOCC1CN(CC)CC2(CCN(C(=O)c3ccc(OC(C)C)c(C)c3)CO2)C1. The number of nitrogens with zero attached hydrogens (tertiary/aromatic N) is 2. The molecule has 3 rings (SSSR count). The monoisotopic (exact) mass is 418 g/mol. The Bertz CT molecular complexity index is 713. The maximum absolute atomic E-state index is 13.1. The van der Waals surface area contributed by atoms with E-state index in [1.807, 2.05) is 50.8 Å². The van der Waals surface area contributed by atoms with Gasteiger partial charge < -0.3 is 24.0 Å². The normalized spacial score (nSPS) is 25.1. The second-order valence-corrected chi connectivity index (χ2v) is 8.98. The average molecular weight is 419 g/mol. The Balaban J connectivity index is 1.62. The zero-order valence-electron chi connectivity index (χ0n) is 19.3. The van der Waals surface area contributed by atoms with Gasteiger partial charge in [-0.3, -0.25) is 4.79 Å². The number of aryl methyl sites for hydroxylation is 1. The summed E-state index contributed by atoms with van der Waals surface area (Å²) in [6.07, 6.45) is 1.98. The third-order valence-corrected chi connectivity index (χ3v) is 6.13. The molecule has 0 aromatic heterocycles. The molecule has 6 heteroatoms. The van der Waals surface area contributed by atoms with Gasteiger partial charge in [0.25, 0.3) is 5.91 Å². The fourth-order valence-electron chi connectivity index (χ4n) is 4.62. The van der Waals surface area contributed by atoms with Crippen molar-refractivity contribution in [3.8, 4) is 5.75 Å². The first kappa shape index (κ1) is 23.0. The molecule has 2 atom stereocenters. The number of likely N-dealkylation sites (N-methyl/N-ethyl adjacent to an activating group) is 1. The molecule has 2 fully saturated rings. The van der Waals surface area contributed by atoms with Gasteiger partial charge in [0, 0.05) is 31.8 Å². The average Bonchev–Trinajstić information content (AvgIpc) is 2.73. The predicted octanol–water partition coefficient (Wildman–Crippen LogP) is 3.72. The van der Waals surface area contributed by atoms with Crippen molar-refractivity contribution in [2.24, 2.45) is 5.92 Å². The van der Waals surface area contributed by atoms with Crippen LogP contribution in [0.4, 0.5) is 0 Å². The Hall–Kier alpha value is -1.63. The summed E-state index contributed by atoms with van der Waals surface area (Å²) in [4.78, 5) is 17.3. The standard InChI is InChI=1S/C24H38N2O4/c1-6-25-14-20(15-28-7-2)13-24(16-25)10-11-26(17-29-24)23(27)21-8-9-22(19(5)12-21)30-18(3)4/h8-9,12,18,20H,6-7,10-11,13-17H2,1-5H3. The minimum atomic E-state index is -0.169. The summed E-state index contributed by atoms with van der Waals surface area (Å²) >= 11 is 0. The van der Waals surface area contributed by atoms with Gasteiger partial charge in [0.05, 0.1) is 18.3 Å². The molecule has 1 aromatic carbocycles. The van der Waals surface area contributed by atoms with E-state index in [1.165, 1.54) is 0 Å². The molecule has 30 heavy (non-hydrogen) atoms. The van der Waals surface area contributed by atoms with E-state index >= 15 is 0 Å². The highest BCUT2D eigenvalue weighted by atomic mass is 16.5. The van der Waals surface area contributed by atoms with E-state index in [1.54, 1.807) is 0 Å². The van der Waals surface area contributed by atoms with Gasteiger partial charge in [-0.1, -0.05) is 6.92 Å². The molecule has 0 bridgehead atoms. The van der Waals surface area contributed by atoms with E-state index in [4.69, 9.17) is 14.2 Å². The first-order valence-corrected chi connectivity index (χ1v) is 11.4. The highest BCUT2D eigenvalue weighted by molar-refractivity contribution is 5.94. The Kier molecular flexibility index (Phi) is 7.77. The molecule has 2 aliphatic rings. The van der Waals surface area contributed by atoms with Crippen molar-refractivity contribution >= 4 is 5.91 Å². The maximum Gasteiger partial charge on any atom is 0.255 e. The van der Waals surface area contributed by atoms with Crippen molar-refractivity contribution in [3.05, 3.63) is 29.3 Å². The number of carbonyl (C=O) groups is 1. The molecule has 2 aliphatic heterocycles. The summed E-state index contributed by atoms with van der Waals surface area (Å²) in [7, 11) is 0. The van der Waals surface area contributed by atoms with Crippen LogP contribution in [0.5, 0.6) is 5.75 Å². The smallest absolute Gasteiger partial charge is 0.255 e. The van der Waals surface area contributed by atoms with Crippen LogP contribution in [0.3, 0.4) is 0 Å². The van der Waals surface area contributed by atoms with Gasteiger partial charge in [0.15, 0.2) is 0 Å². The number of rotatable bonds is 7. The quantitative estimate of drug-likeness (QED) is 0.676. The Morgan fingerprint density at radius 2 is 2.13 bits per heavy atom. The summed E-state index contributed by atoms with van der Waals surface area (Å²) in [5, 5.41) is 0. The molecule has 168 valence electrons. The van der Waals surface area contributed by atoms with Crippen LogP contribution >= 0.6 is 0 Å². The van der Waals surface area contributed by atoms with Crippen molar-refractivity contribution in [1.82, 2.24) is 9.80 Å². The van der Waals surface area contributed by atoms with Crippen molar-refractivity contribution in [2.75, 3.05) is 46.1 Å².